The Labute approximate surface area is 146 Å². The van der Waals surface area contributed by atoms with E-state index in [1.165, 1.54) is 6.42 Å². The second kappa shape index (κ2) is 6.83. The van der Waals surface area contributed by atoms with Crippen LogP contribution in [-0.2, 0) is 6.54 Å². The van der Waals surface area contributed by atoms with Crippen LogP contribution in [0.2, 0.25) is 5.02 Å². The molecule has 1 saturated carbocycles. The van der Waals surface area contributed by atoms with Gasteiger partial charge < -0.3 is 15.0 Å². The van der Waals surface area contributed by atoms with E-state index >= 15 is 0 Å². The van der Waals surface area contributed by atoms with Crippen LogP contribution in [-0.4, -0.2) is 28.4 Å². The third kappa shape index (κ3) is 4.00. The van der Waals surface area contributed by atoms with Crippen molar-refractivity contribution in [1.82, 2.24) is 20.0 Å². The van der Waals surface area contributed by atoms with E-state index in [2.05, 4.69) is 27.5 Å². The second-order valence-corrected chi connectivity index (χ2v) is 5.67. The number of hydrogen-bond donors (Lipinski definition) is 2. The fourth-order valence-corrected chi connectivity index (χ4v) is 2.34. The lowest BCUT2D eigenvalue weighted by atomic mass is 10.4. The normalized spacial score (nSPS) is 21.0. The molecule has 0 spiro atoms. The Kier molecular flexibility index (Phi) is 5.32. The highest BCUT2D eigenvalue weighted by molar-refractivity contribution is 14.0. The predicted octanol–water partition coefficient (Wildman–Crippen LogP) is 2.68. The van der Waals surface area contributed by atoms with Gasteiger partial charge in [0.05, 0.1) is 17.3 Å². The molecule has 7 heteroatoms. The Morgan fingerprint density at radius 2 is 2.24 bits per heavy atom. The highest BCUT2D eigenvalue weighted by Crippen LogP contribution is 2.28. The number of pyridine rings is 1. The molecule has 3 rings (SSSR count). The fraction of sp³-hybridized carbons (Fsp3) is 0.429. The average molecular weight is 420 g/mol. The summed E-state index contributed by atoms with van der Waals surface area (Å²) in [5.41, 5.74) is 1.85. The van der Waals surface area contributed by atoms with Gasteiger partial charge in [-0.2, -0.15) is 0 Å². The van der Waals surface area contributed by atoms with Gasteiger partial charge >= 0.3 is 0 Å². The van der Waals surface area contributed by atoms with Gasteiger partial charge in [-0.25, -0.2) is 4.98 Å². The standard InChI is InChI=1S/C14H18ClN5.HI/c1-9-5-12(9)19-14(16-2)17-6-11-8-20-7-10(15)3-4-13(20)18-11;/h3-4,7-9,12H,5-6H2,1-2H3,(H2,16,17,19);1H. The van der Waals surface area contributed by atoms with Crippen LogP contribution in [0.3, 0.4) is 0 Å². The number of nitrogens with one attached hydrogen (secondary N) is 2. The van der Waals surface area contributed by atoms with E-state index in [0.29, 0.717) is 17.6 Å². The molecule has 0 saturated heterocycles. The number of nitrogens with zero attached hydrogens (tertiary/aromatic N) is 3. The quantitative estimate of drug-likeness (QED) is 0.457. The van der Waals surface area contributed by atoms with Gasteiger partial charge in [0.1, 0.15) is 5.65 Å². The van der Waals surface area contributed by atoms with Crippen molar-refractivity contribution < 1.29 is 0 Å². The predicted molar refractivity (Wildman–Crippen MR) is 96.5 cm³/mol. The molecule has 1 fully saturated rings. The maximum absolute atomic E-state index is 5.96. The molecule has 2 N–H and O–H groups in total. The van der Waals surface area contributed by atoms with E-state index in [-0.39, 0.29) is 24.0 Å². The van der Waals surface area contributed by atoms with E-state index in [1.54, 1.807) is 7.05 Å². The molecule has 1 aliphatic carbocycles. The summed E-state index contributed by atoms with van der Waals surface area (Å²) in [6.45, 7) is 2.87. The summed E-state index contributed by atoms with van der Waals surface area (Å²) in [6, 6.07) is 4.31. The van der Waals surface area contributed by atoms with E-state index in [4.69, 9.17) is 11.6 Å². The summed E-state index contributed by atoms with van der Waals surface area (Å²) in [4.78, 5) is 8.75. The van der Waals surface area contributed by atoms with Gasteiger partial charge in [-0.1, -0.05) is 18.5 Å². The Bertz CT molecular complexity index is 654. The minimum absolute atomic E-state index is 0. The summed E-state index contributed by atoms with van der Waals surface area (Å²) in [5.74, 6) is 1.57. The topological polar surface area (TPSA) is 53.7 Å². The largest absolute Gasteiger partial charge is 0.353 e. The first kappa shape index (κ1) is 16.4. The lowest BCUT2D eigenvalue weighted by Crippen LogP contribution is -2.38. The van der Waals surface area contributed by atoms with Gasteiger partial charge in [0.2, 0.25) is 0 Å². The first-order chi connectivity index (χ1) is 9.65. The maximum atomic E-state index is 5.96. The summed E-state index contributed by atoms with van der Waals surface area (Å²) in [7, 11) is 1.78. The van der Waals surface area contributed by atoms with Gasteiger partial charge in [0, 0.05) is 25.5 Å². The zero-order chi connectivity index (χ0) is 14.1. The minimum atomic E-state index is 0. The molecule has 0 radical (unpaired) electrons. The van der Waals surface area contributed by atoms with Crippen molar-refractivity contribution >= 4 is 47.2 Å². The third-order valence-electron chi connectivity index (χ3n) is 3.56. The van der Waals surface area contributed by atoms with Crippen molar-refractivity contribution in [2.24, 2.45) is 10.9 Å². The molecule has 0 amide bonds. The van der Waals surface area contributed by atoms with E-state index in [0.717, 1.165) is 23.2 Å². The molecule has 2 aromatic rings. The number of imidazole rings is 1. The molecular weight excluding hydrogens is 401 g/mol. The highest BCUT2D eigenvalue weighted by Gasteiger charge is 2.33. The molecule has 21 heavy (non-hydrogen) atoms. The van der Waals surface area contributed by atoms with Crippen LogP contribution in [0.15, 0.2) is 29.5 Å². The number of aliphatic imine (C=N–C) groups is 1. The lowest BCUT2D eigenvalue weighted by Gasteiger charge is -2.09. The molecule has 1 aliphatic rings. The van der Waals surface area contributed by atoms with Gasteiger partial charge in [0.25, 0.3) is 0 Å². The molecule has 0 aromatic carbocycles. The minimum Gasteiger partial charge on any atom is -0.353 e. The second-order valence-electron chi connectivity index (χ2n) is 5.23. The van der Waals surface area contributed by atoms with Crippen molar-refractivity contribution in [1.29, 1.82) is 0 Å². The Hall–Kier alpha value is -1.02. The van der Waals surface area contributed by atoms with Crippen LogP contribution < -0.4 is 10.6 Å². The molecule has 5 nitrogen and oxygen atoms in total. The molecule has 114 valence electrons. The Balaban J connectivity index is 0.00000161. The van der Waals surface area contributed by atoms with Crippen molar-refractivity contribution in [2.45, 2.75) is 25.9 Å². The van der Waals surface area contributed by atoms with Gasteiger partial charge in [-0.05, 0) is 24.5 Å². The molecule has 0 aliphatic heterocycles. The lowest BCUT2D eigenvalue weighted by molar-refractivity contribution is 0.758. The van der Waals surface area contributed by atoms with Crippen molar-refractivity contribution in [3.8, 4) is 0 Å². The van der Waals surface area contributed by atoms with Gasteiger partial charge in [-0.3, -0.25) is 4.99 Å². The van der Waals surface area contributed by atoms with Crippen LogP contribution in [0.5, 0.6) is 0 Å². The van der Waals surface area contributed by atoms with Crippen molar-refractivity contribution in [3.63, 3.8) is 0 Å². The fourth-order valence-electron chi connectivity index (χ4n) is 2.17. The first-order valence-corrected chi connectivity index (χ1v) is 7.14. The number of guanidine groups is 1. The van der Waals surface area contributed by atoms with Gasteiger partial charge in [0.15, 0.2) is 5.96 Å². The number of aromatic nitrogens is 2. The van der Waals surface area contributed by atoms with Crippen LogP contribution in [0, 0.1) is 5.92 Å². The third-order valence-corrected chi connectivity index (χ3v) is 3.78. The van der Waals surface area contributed by atoms with E-state index in [9.17, 15) is 0 Å². The van der Waals surface area contributed by atoms with Crippen LogP contribution in [0.4, 0.5) is 0 Å². The van der Waals surface area contributed by atoms with Gasteiger partial charge in [-0.15, -0.1) is 24.0 Å². The Morgan fingerprint density at radius 3 is 2.90 bits per heavy atom. The zero-order valence-electron chi connectivity index (χ0n) is 12.0. The van der Waals surface area contributed by atoms with Crippen LogP contribution in [0.25, 0.3) is 5.65 Å². The summed E-state index contributed by atoms with van der Waals surface area (Å²) >= 11 is 5.96. The molecule has 2 heterocycles. The molecule has 0 bridgehead atoms. The number of halogens is 2. The number of fused-ring (bicyclic) bond motifs is 1. The van der Waals surface area contributed by atoms with E-state index < -0.39 is 0 Å². The molecular formula is C14H19ClIN5. The van der Waals surface area contributed by atoms with E-state index in [1.807, 2.05) is 28.9 Å². The first-order valence-electron chi connectivity index (χ1n) is 6.76. The summed E-state index contributed by atoms with van der Waals surface area (Å²) in [5, 5.41) is 7.37. The molecule has 2 unspecified atom stereocenters. The summed E-state index contributed by atoms with van der Waals surface area (Å²) in [6.07, 6.45) is 5.04. The maximum Gasteiger partial charge on any atom is 0.191 e. The smallest absolute Gasteiger partial charge is 0.191 e. The number of hydrogen-bond acceptors (Lipinski definition) is 2. The Morgan fingerprint density at radius 1 is 1.48 bits per heavy atom. The SMILES string of the molecule is CN=C(NCc1cn2cc(Cl)ccc2n1)NC1CC1C.I. The number of rotatable bonds is 3. The van der Waals surface area contributed by atoms with Crippen molar-refractivity contribution in [2.75, 3.05) is 7.05 Å². The van der Waals surface area contributed by atoms with Crippen LogP contribution >= 0.6 is 35.6 Å². The monoisotopic (exact) mass is 419 g/mol. The average Bonchev–Trinajstić information content (AvgIpc) is 2.97. The zero-order valence-corrected chi connectivity index (χ0v) is 15.1. The summed E-state index contributed by atoms with van der Waals surface area (Å²) < 4.78 is 1.93. The molecule has 2 aromatic heterocycles. The van der Waals surface area contributed by atoms with Crippen molar-refractivity contribution in [3.05, 3.63) is 35.2 Å². The highest BCUT2D eigenvalue weighted by atomic mass is 127. The molecule has 2 atom stereocenters. The van der Waals surface area contributed by atoms with Crippen LogP contribution in [0.1, 0.15) is 19.0 Å².